The Balaban J connectivity index is 1.45. The van der Waals surface area contributed by atoms with Crippen molar-refractivity contribution in [1.29, 1.82) is 0 Å². The molecule has 1 amide bonds. The number of benzene rings is 1. The fourth-order valence-electron chi connectivity index (χ4n) is 2.60. The van der Waals surface area contributed by atoms with Crippen molar-refractivity contribution in [1.82, 2.24) is 15.5 Å². The van der Waals surface area contributed by atoms with E-state index in [4.69, 9.17) is 9.47 Å². The minimum Gasteiger partial charge on any atom is -0.376 e. The van der Waals surface area contributed by atoms with Crippen LogP contribution in [0, 0.1) is 0 Å². The van der Waals surface area contributed by atoms with Crippen LogP contribution in [0.15, 0.2) is 36.5 Å². The Labute approximate surface area is 135 Å². The van der Waals surface area contributed by atoms with E-state index in [2.05, 4.69) is 15.5 Å². The molecule has 6 heteroatoms. The second-order valence-electron chi connectivity index (χ2n) is 5.56. The number of ether oxygens (including phenoxy) is 2. The van der Waals surface area contributed by atoms with Crippen molar-refractivity contribution >= 4 is 5.91 Å². The molecule has 1 atom stereocenters. The predicted molar refractivity (Wildman–Crippen MR) is 85.7 cm³/mol. The molecule has 1 aromatic carbocycles. The maximum Gasteiger partial charge on any atom is 0.246 e. The third-order valence-corrected chi connectivity index (χ3v) is 3.82. The van der Waals surface area contributed by atoms with E-state index in [0.29, 0.717) is 13.2 Å². The van der Waals surface area contributed by atoms with Crippen molar-refractivity contribution in [3.63, 3.8) is 0 Å². The summed E-state index contributed by atoms with van der Waals surface area (Å²) in [5.41, 5.74) is 2.92. The number of H-pyrrole nitrogens is 1. The van der Waals surface area contributed by atoms with Gasteiger partial charge in [0.25, 0.3) is 0 Å². The summed E-state index contributed by atoms with van der Waals surface area (Å²) in [6.45, 7) is 1.75. The summed E-state index contributed by atoms with van der Waals surface area (Å²) in [6, 6.07) is 9.91. The summed E-state index contributed by atoms with van der Waals surface area (Å²) < 4.78 is 10.9. The fourth-order valence-corrected chi connectivity index (χ4v) is 2.60. The van der Waals surface area contributed by atoms with Gasteiger partial charge in [0, 0.05) is 18.7 Å². The maximum absolute atomic E-state index is 11.9. The number of nitrogens with zero attached hydrogens (tertiary/aromatic N) is 1. The van der Waals surface area contributed by atoms with Crippen LogP contribution in [0.25, 0.3) is 11.3 Å². The van der Waals surface area contributed by atoms with Crippen molar-refractivity contribution in [2.24, 2.45) is 0 Å². The average Bonchev–Trinajstić information content (AvgIpc) is 3.25. The molecule has 122 valence electrons. The first-order valence-electron chi connectivity index (χ1n) is 7.86. The van der Waals surface area contributed by atoms with Gasteiger partial charge >= 0.3 is 0 Å². The topological polar surface area (TPSA) is 76.2 Å². The van der Waals surface area contributed by atoms with Crippen LogP contribution in [0.5, 0.6) is 0 Å². The zero-order valence-corrected chi connectivity index (χ0v) is 13.0. The van der Waals surface area contributed by atoms with Gasteiger partial charge in [-0.05, 0) is 18.4 Å². The van der Waals surface area contributed by atoms with Crippen molar-refractivity contribution < 1.29 is 14.3 Å². The predicted octanol–water partition coefficient (Wildman–Crippen LogP) is 1.89. The van der Waals surface area contributed by atoms with Gasteiger partial charge in [0.15, 0.2) is 0 Å². The molecule has 0 saturated carbocycles. The zero-order valence-electron chi connectivity index (χ0n) is 13.0. The van der Waals surface area contributed by atoms with Crippen LogP contribution in [0.4, 0.5) is 0 Å². The number of hydrogen-bond donors (Lipinski definition) is 2. The van der Waals surface area contributed by atoms with Crippen molar-refractivity contribution in [3.8, 4) is 11.3 Å². The summed E-state index contributed by atoms with van der Waals surface area (Å²) in [6.07, 6.45) is 3.96. The Kier molecular flexibility index (Phi) is 5.39. The zero-order chi connectivity index (χ0) is 15.9. The number of aromatic amines is 1. The number of amides is 1. The lowest BCUT2D eigenvalue weighted by molar-refractivity contribution is -0.127. The van der Waals surface area contributed by atoms with Crippen molar-refractivity contribution in [2.45, 2.75) is 25.5 Å². The Morgan fingerprint density at radius 3 is 3.04 bits per heavy atom. The molecular weight excluding hydrogens is 294 g/mol. The maximum atomic E-state index is 11.9. The lowest BCUT2D eigenvalue weighted by Crippen LogP contribution is -2.28. The van der Waals surface area contributed by atoms with E-state index in [0.717, 1.165) is 36.3 Å². The highest BCUT2D eigenvalue weighted by molar-refractivity contribution is 5.77. The first-order valence-corrected chi connectivity index (χ1v) is 7.86. The number of aromatic nitrogens is 2. The molecule has 0 unspecified atom stereocenters. The summed E-state index contributed by atoms with van der Waals surface area (Å²) >= 11 is 0. The Bertz CT molecular complexity index is 621. The van der Waals surface area contributed by atoms with Crippen molar-refractivity contribution in [3.05, 3.63) is 42.1 Å². The smallest absolute Gasteiger partial charge is 0.246 e. The highest BCUT2D eigenvalue weighted by Crippen LogP contribution is 2.20. The molecule has 0 radical (unpaired) electrons. The van der Waals surface area contributed by atoms with Gasteiger partial charge in [-0.2, -0.15) is 5.10 Å². The molecule has 2 aromatic rings. The lowest BCUT2D eigenvalue weighted by Gasteiger charge is -2.10. The quantitative estimate of drug-likeness (QED) is 0.818. The molecule has 1 aliphatic heterocycles. The third kappa shape index (κ3) is 4.40. The monoisotopic (exact) mass is 315 g/mol. The van der Waals surface area contributed by atoms with Gasteiger partial charge in [-0.1, -0.05) is 30.3 Å². The summed E-state index contributed by atoms with van der Waals surface area (Å²) in [5, 5.41) is 9.90. The van der Waals surface area contributed by atoms with Crippen LogP contribution in [0.1, 0.15) is 18.4 Å². The molecule has 1 fully saturated rings. The van der Waals surface area contributed by atoms with Crippen LogP contribution in [-0.4, -0.2) is 42.0 Å². The van der Waals surface area contributed by atoms with Gasteiger partial charge in [0.1, 0.15) is 6.61 Å². The SMILES string of the molecule is O=C(COC[C@@H]1CCCO1)NCc1cn[nH]c1-c1ccccc1. The Morgan fingerprint density at radius 1 is 1.39 bits per heavy atom. The fraction of sp³-hybridized carbons (Fsp3) is 0.412. The van der Waals surface area contributed by atoms with E-state index in [1.165, 1.54) is 0 Å². The van der Waals surface area contributed by atoms with E-state index < -0.39 is 0 Å². The van der Waals surface area contributed by atoms with Crippen LogP contribution in [0.3, 0.4) is 0 Å². The van der Waals surface area contributed by atoms with E-state index in [9.17, 15) is 4.79 Å². The largest absolute Gasteiger partial charge is 0.376 e. The summed E-state index contributed by atoms with van der Waals surface area (Å²) in [5.74, 6) is -0.136. The van der Waals surface area contributed by atoms with Crippen LogP contribution in [-0.2, 0) is 20.8 Å². The molecule has 2 heterocycles. The van der Waals surface area contributed by atoms with E-state index in [1.807, 2.05) is 30.3 Å². The van der Waals surface area contributed by atoms with Crippen LogP contribution in [0.2, 0.25) is 0 Å². The molecule has 1 aromatic heterocycles. The average molecular weight is 315 g/mol. The van der Waals surface area contributed by atoms with E-state index in [1.54, 1.807) is 6.20 Å². The molecule has 3 rings (SSSR count). The molecule has 6 nitrogen and oxygen atoms in total. The minimum atomic E-state index is -0.136. The molecular formula is C17H21N3O3. The van der Waals surface area contributed by atoms with Gasteiger partial charge in [0.05, 0.1) is 24.6 Å². The Morgan fingerprint density at radius 2 is 2.26 bits per heavy atom. The standard InChI is InChI=1S/C17H21N3O3/c21-16(12-22-11-15-7-4-8-23-15)18-9-14-10-19-20-17(14)13-5-2-1-3-6-13/h1-3,5-6,10,15H,4,7-9,11-12H2,(H,18,21)(H,19,20)/t15-/m0/s1. The van der Waals surface area contributed by atoms with Crippen LogP contribution >= 0.6 is 0 Å². The molecule has 1 saturated heterocycles. The van der Waals surface area contributed by atoms with Crippen molar-refractivity contribution in [2.75, 3.05) is 19.8 Å². The van der Waals surface area contributed by atoms with Gasteiger partial charge in [0.2, 0.25) is 5.91 Å². The number of hydrogen-bond acceptors (Lipinski definition) is 4. The second-order valence-corrected chi connectivity index (χ2v) is 5.56. The summed E-state index contributed by atoms with van der Waals surface area (Å²) in [7, 11) is 0. The van der Waals surface area contributed by atoms with Gasteiger partial charge in [-0.25, -0.2) is 0 Å². The lowest BCUT2D eigenvalue weighted by atomic mass is 10.1. The van der Waals surface area contributed by atoms with Gasteiger partial charge in [-0.3, -0.25) is 9.89 Å². The first-order chi connectivity index (χ1) is 11.3. The second kappa shape index (κ2) is 7.89. The Hall–Kier alpha value is -2.18. The first kappa shape index (κ1) is 15.7. The van der Waals surface area contributed by atoms with E-state index >= 15 is 0 Å². The molecule has 0 spiro atoms. The molecule has 2 N–H and O–H groups in total. The van der Waals surface area contributed by atoms with Crippen LogP contribution < -0.4 is 5.32 Å². The highest BCUT2D eigenvalue weighted by Gasteiger charge is 2.16. The molecule has 0 aliphatic carbocycles. The number of rotatable bonds is 7. The molecule has 1 aliphatic rings. The highest BCUT2D eigenvalue weighted by atomic mass is 16.5. The van der Waals surface area contributed by atoms with Gasteiger partial charge < -0.3 is 14.8 Å². The summed E-state index contributed by atoms with van der Waals surface area (Å²) in [4.78, 5) is 11.9. The number of nitrogens with one attached hydrogen (secondary N) is 2. The number of carbonyl (C=O) groups excluding carboxylic acids is 1. The molecule has 23 heavy (non-hydrogen) atoms. The third-order valence-electron chi connectivity index (χ3n) is 3.82. The minimum absolute atomic E-state index is 0.0540. The van der Waals surface area contributed by atoms with E-state index in [-0.39, 0.29) is 18.6 Å². The molecule has 0 bridgehead atoms. The van der Waals surface area contributed by atoms with Gasteiger partial charge in [-0.15, -0.1) is 0 Å². The number of carbonyl (C=O) groups is 1. The normalized spacial score (nSPS) is 17.3.